The molecule has 0 radical (unpaired) electrons. The van der Waals surface area contributed by atoms with Gasteiger partial charge in [0.05, 0.1) is 12.6 Å². The fourth-order valence-electron chi connectivity index (χ4n) is 1.56. The zero-order valence-corrected chi connectivity index (χ0v) is 9.14. The molecule has 0 aliphatic heterocycles. The normalized spacial score (nSPS) is 14.3. The highest BCUT2D eigenvalue weighted by Crippen LogP contribution is 2.27. The molecule has 0 spiro atoms. The van der Waals surface area contributed by atoms with E-state index in [9.17, 15) is 5.11 Å². The summed E-state index contributed by atoms with van der Waals surface area (Å²) in [7, 11) is 0. The SMILES string of the molecule is CCCC(C)(C)C(O)Cn1cncn1. The maximum absolute atomic E-state index is 9.99. The average Bonchev–Trinajstić information content (AvgIpc) is 2.56. The van der Waals surface area contributed by atoms with Crippen LogP contribution in [-0.2, 0) is 6.54 Å². The van der Waals surface area contributed by atoms with Gasteiger partial charge in [0.2, 0.25) is 0 Å². The number of aromatic nitrogens is 3. The summed E-state index contributed by atoms with van der Waals surface area (Å²) < 4.78 is 1.67. The molecule has 0 saturated carbocycles. The standard InChI is InChI=1S/C10H19N3O/c1-4-5-10(2,3)9(14)6-13-8-11-7-12-13/h7-9,14H,4-6H2,1-3H3. The first kappa shape index (κ1) is 11.2. The van der Waals surface area contributed by atoms with E-state index in [1.54, 1.807) is 11.0 Å². The molecule has 0 bridgehead atoms. The molecule has 1 N–H and O–H groups in total. The summed E-state index contributed by atoms with van der Waals surface area (Å²) in [5.41, 5.74) is -0.0549. The van der Waals surface area contributed by atoms with Crippen molar-refractivity contribution in [1.29, 1.82) is 0 Å². The van der Waals surface area contributed by atoms with E-state index in [1.807, 2.05) is 0 Å². The number of aliphatic hydroxyl groups excluding tert-OH is 1. The van der Waals surface area contributed by atoms with Gasteiger partial charge in [0.25, 0.3) is 0 Å². The van der Waals surface area contributed by atoms with E-state index in [4.69, 9.17) is 0 Å². The summed E-state index contributed by atoms with van der Waals surface area (Å²) in [6, 6.07) is 0. The molecule has 4 nitrogen and oxygen atoms in total. The molecule has 0 fully saturated rings. The van der Waals surface area contributed by atoms with Gasteiger partial charge in [-0.15, -0.1) is 0 Å². The van der Waals surface area contributed by atoms with Gasteiger partial charge in [-0.25, -0.2) is 4.98 Å². The Morgan fingerprint density at radius 3 is 2.71 bits per heavy atom. The van der Waals surface area contributed by atoms with Gasteiger partial charge in [-0.1, -0.05) is 27.2 Å². The summed E-state index contributed by atoms with van der Waals surface area (Å²) in [6.07, 6.45) is 4.85. The van der Waals surface area contributed by atoms with Crippen LogP contribution in [0.3, 0.4) is 0 Å². The van der Waals surface area contributed by atoms with E-state index in [-0.39, 0.29) is 11.5 Å². The summed E-state index contributed by atoms with van der Waals surface area (Å²) in [5.74, 6) is 0. The fraction of sp³-hybridized carbons (Fsp3) is 0.800. The van der Waals surface area contributed by atoms with E-state index < -0.39 is 0 Å². The molecule has 1 aromatic rings. The van der Waals surface area contributed by atoms with Crippen molar-refractivity contribution in [3.8, 4) is 0 Å². The zero-order chi connectivity index (χ0) is 10.6. The first-order valence-electron chi connectivity index (χ1n) is 5.06. The minimum atomic E-state index is -0.371. The van der Waals surface area contributed by atoms with Crippen molar-refractivity contribution >= 4 is 0 Å². The second kappa shape index (κ2) is 4.55. The molecule has 0 aromatic carbocycles. The highest BCUT2D eigenvalue weighted by atomic mass is 16.3. The van der Waals surface area contributed by atoms with Crippen LogP contribution in [0.2, 0.25) is 0 Å². The number of hydrogen-bond acceptors (Lipinski definition) is 3. The van der Waals surface area contributed by atoms with Crippen LogP contribution < -0.4 is 0 Å². The van der Waals surface area contributed by atoms with Gasteiger partial charge in [-0.3, -0.25) is 4.68 Å². The molecule has 4 heteroatoms. The van der Waals surface area contributed by atoms with E-state index in [2.05, 4.69) is 30.9 Å². The Balaban J connectivity index is 2.52. The molecule has 0 aliphatic carbocycles. The number of aliphatic hydroxyl groups is 1. The van der Waals surface area contributed by atoms with Gasteiger partial charge in [0.15, 0.2) is 0 Å². The highest BCUT2D eigenvalue weighted by molar-refractivity contribution is 4.77. The van der Waals surface area contributed by atoms with Gasteiger partial charge in [-0.2, -0.15) is 5.10 Å². The number of nitrogens with zero attached hydrogens (tertiary/aromatic N) is 3. The van der Waals surface area contributed by atoms with Gasteiger partial charge in [0.1, 0.15) is 12.7 Å². The van der Waals surface area contributed by atoms with Crippen LogP contribution in [-0.4, -0.2) is 26.0 Å². The van der Waals surface area contributed by atoms with E-state index in [1.165, 1.54) is 6.33 Å². The lowest BCUT2D eigenvalue weighted by Crippen LogP contribution is -2.33. The maximum Gasteiger partial charge on any atom is 0.137 e. The van der Waals surface area contributed by atoms with Crippen LogP contribution in [0, 0.1) is 5.41 Å². The summed E-state index contributed by atoms with van der Waals surface area (Å²) in [5, 5.41) is 14.0. The van der Waals surface area contributed by atoms with Crippen LogP contribution in [0.15, 0.2) is 12.7 Å². The van der Waals surface area contributed by atoms with Crippen LogP contribution in [0.5, 0.6) is 0 Å². The summed E-state index contributed by atoms with van der Waals surface area (Å²) in [6.45, 7) is 6.81. The van der Waals surface area contributed by atoms with Gasteiger partial charge in [0, 0.05) is 0 Å². The first-order chi connectivity index (χ1) is 6.56. The molecule has 1 unspecified atom stereocenters. The molecule has 1 heterocycles. The topological polar surface area (TPSA) is 50.9 Å². The molecule has 1 atom stereocenters. The molecule has 14 heavy (non-hydrogen) atoms. The van der Waals surface area contributed by atoms with Crippen LogP contribution in [0.1, 0.15) is 33.6 Å². The molecule has 1 aromatic heterocycles. The minimum absolute atomic E-state index is 0.0549. The zero-order valence-electron chi connectivity index (χ0n) is 9.14. The van der Waals surface area contributed by atoms with Gasteiger partial charge >= 0.3 is 0 Å². The Morgan fingerprint density at radius 2 is 2.21 bits per heavy atom. The summed E-state index contributed by atoms with van der Waals surface area (Å²) >= 11 is 0. The second-order valence-electron chi connectivity index (χ2n) is 4.37. The van der Waals surface area contributed by atoms with Crippen LogP contribution >= 0.6 is 0 Å². The Bertz CT molecular complexity index is 256. The van der Waals surface area contributed by atoms with Crippen molar-refractivity contribution in [2.24, 2.45) is 5.41 Å². The van der Waals surface area contributed by atoms with Crippen LogP contribution in [0.25, 0.3) is 0 Å². The number of hydrogen-bond donors (Lipinski definition) is 1. The quantitative estimate of drug-likeness (QED) is 0.777. The molecule has 80 valence electrons. The lowest BCUT2D eigenvalue weighted by Gasteiger charge is -2.29. The third kappa shape index (κ3) is 2.80. The molecular weight excluding hydrogens is 178 g/mol. The van der Waals surface area contributed by atoms with Crippen molar-refractivity contribution in [3.05, 3.63) is 12.7 Å². The average molecular weight is 197 g/mol. The van der Waals surface area contributed by atoms with Crippen molar-refractivity contribution in [3.63, 3.8) is 0 Å². The molecular formula is C10H19N3O. The Hall–Kier alpha value is -0.900. The Morgan fingerprint density at radius 1 is 1.50 bits per heavy atom. The maximum atomic E-state index is 9.99. The van der Waals surface area contributed by atoms with Gasteiger partial charge < -0.3 is 5.11 Å². The monoisotopic (exact) mass is 197 g/mol. The van der Waals surface area contributed by atoms with E-state index in [0.717, 1.165) is 12.8 Å². The molecule has 0 amide bonds. The molecule has 0 aliphatic rings. The minimum Gasteiger partial charge on any atom is -0.391 e. The predicted octanol–water partition coefficient (Wildman–Crippen LogP) is 1.47. The predicted molar refractivity (Wildman–Crippen MR) is 54.7 cm³/mol. The second-order valence-corrected chi connectivity index (χ2v) is 4.37. The van der Waals surface area contributed by atoms with Crippen molar-refractivity contribution in [2.75, 3.05) is 0 Å². The van der Waals surface area contributed by atoms with E-state index in [0.29, 0.717) is 6.54 Å². The highest BCUT2D eigenvalue weighted by Gasteiger charge is 2.27. The van der Waals surface area contributed by atoms with Crippen molar-refractivity contribution < 1.29 is 5.11 Å². The first-order valence-corrected chi connectivity index (χ1v) is 5.06. The summed E-state index contributed by atoms with van der Waals surface area (Å²) in [4.78, 5) is 3.84. The van der Waals surface area contributed by atoms with Crippen molar-refractivity contribution in [2.45, 2.75) is 46.3 Å². The number of rotatable bonds is 5. The smallest absolute Gasteiger partial charge is 0.137 e. The van der Waals surface area contributed by atoms with Gasteiger partial charge in [-0.05, 0) is 11.8 Å². The largest absolute Gasteiger partial charge is 0.391 e. The molecule has 0 saturated heterocycles. The third-order valence-corrected chi connectivity index (χ3v) is 2.62. The lowest BCUT2D eigenvalue weighted by molar-refractivity contribution is 0.0270. The Labute approximate surface area is 85.0 Å². The van der Waals surface area contributed by atoms with Crippen LogP contribution in [0.4, 0.5) is 0 Å². The third-order valence-electron chi connectivity index (χ3n) is 2.62. The molecule has 1 rings (SSSR count). The fourth-order valence-corrected chi connectivity index (χ4v) is 1.56. The lowest BCUT2D eigenvalue weighted by atomic mass is 9.82. The van der Waals surface area contributed by atoms with Crippen molar-refractivity contribution in [1.82, 2.24) is 14.8 Å². The van der Waals surface area contributed by atoms with E-state index >= 15 is 0 Å². The Kier molecular flexibility index (Phi) is 3.63.